The molecule has 0 aliphatic heterocycles. The van der Waals surface area contributed by atoms with Crippen LogP contribution in [0.25, 0.3) is 0 Å². The zero-order valence-corrected chi connectivity index (χ0v) is 13.5. The number of carbonyl (C=O) groups is 2. The summed E-state index contributed by atoms with van der Waals surface area (Å²) in [6, 6.07) is 16.0. The fourth-order valence-corrected chi connectivity index (χ4v) is 2.05. The van der Waals surface area contributed by atoms with Gasteiger partial charge in [-0.25, -0.2) is 0 Å². The van der Waals surface area contributed by atoms with E-state index >= 15 is 0 Å². The molecule has 0 radical (unpaired) electrons. The van der Waals surface area contributed by atoms with Gasteiger partial charge in [0.1, 0.15) is 11.6 Å². The molecule has 2 aromatic carbocycles. The molecule has 0 saturated heterocycles. The van der Waals surface area contributed by atoms with Gasteiger partial charge in [-0.2, -0.15) is 5.26 Å². The molecule has 24 heavy (non-hydrogen) atoms. The van der Waals surface area contributed by atoms with Gasteiger partial charge in [0, 0.05) is 23.1 Å². The van der Waals surface area contributed by atoms with Crippen molar-refractivity contribution in [3.05, 3.63) is 71.4 Å². The molecule has 1 amide bonds. The lowest BCUT2D eigenvalue weighted by molar-refractivity contribution is -0.112. The summed E-state index contributed by atoms with van der Waals surface area (Å²) in [6.07, 6.45) is 1.36. The first-order valence-electron chi connectivity index (χ1n) is 7.35. The van der Waals surface area contributed by atoms with Gasteiger partial charge in [-0.1, -0.05) is 24.3 Å². The van der Waals surface area contributed by atoms with Gasteiger partial charge in [0.05, 0.1) is 0 Å². The fourth-order valence-electron chi connectivity index (χ4n) is 2.05. The van der Waals surface area contributed by atoms with E-state index in [1.807, 2.05) is 37.3 Å². The Hall–Kier alpha value is -3.39. The van der Waals surface area contributed by atoms with Crippen molar-refractivity contribution in [2.45, 2.75) is 13.8 Å². The molecule has 2 aromatic rings. The summed E-state index contributed by atoms with van der Waals surface area (Å²) >= 11 is 0. The minimum Gasteiger partial charge on any atom is -0.360 e. The molecule has 2 rings (SSSR count). The van der Waals surface area contributed by atoms with Gasteiger partial charge in [-0.3, -0.25) is 9.59 Å². The van der Waals surface area contributed by atoms with Crippen LogP contribution >= 0.6 is 0 Å². The van der Waals surface area contributed by atoms with Crippen molar-refractivity contribution in [1.29, 1.82) is 5.26 Å². The fraction of sp³-hybridized carbons (Fsp3) is 0.105. The van der Waals surface area contributed by atoms with Gasteiger partial charge < -0.3 is 10.6 Å². The Balaban J connectivity index is 2.11. The van der Waals surface area contributed by atoms with Crippen molar-refractivity contribution in [2.24, 2.45) is 0 Å². The van der Waals surface area contributed by atoms with Crippen molar-refractivity contribution in [2.75, 3.05) is 10.6 Å². The second-order valence-corrected chi connectivity index (χ2v) is 5.27. The Morgan fingerprint density at radius 3 is 2.46 bits per heavy atom. The molecule has 0 spiro atoms. The van der Waals surface area contributed by atoms with E-state index < -0.39 is 5.91 Å². The van der Waals surface area contributed by atoms with Gasteiger partial charge in [-0.05, 0) is 43.7 Å². The molecular weight excluding hydrogens is 302 g/mol. The zero-order chi connectivity index (χ0) is 17.5. The molecule has 0 saturated carbocycles. The van der Waals surface area contributed by atoms with Gasteiger partial charge in [0.25, 0.3) is 5.91 Å². The van der Waals surface area contributed by atoms with Gasteiger partial charge in [0.15, 0.2) is 5.78 Å². The normalized spacial score (nSPS) is 10.6. The Morgan fingerprint density at radius 1 is 1.08 bits per heavy atom. The quantitative estimate of drug-likeness (QED) is 0.500. The molecular formula is C19H17N3O2. The Kier molecular flexibility index (Phi) is 5.48. The summed E-state index contributed by atoms with van der Waals surface area (Å²) < 4.78 is 0. The van der Waals surface area contributed by atoms with Gasteiger partial charge in [0.2, 0.25) is 0 Å². The average Bonchev–Trinajstić information content (AvgIpc) is 2.55. The maximum absolute atomic E-state index is 12.2. The van der Waals surface area contributed by atoms with E-state index in [9.17, 15) is 14.9 Å². The van der Waals surface area contributed by atoms with Crippen LogP contribution in [0, 0.1) is 18.3 Å². The van der Waals surface area contributed by atoms with Crippen molar-refractivity contribution < 1.29 is 9.59 Å². The molecule has 0 aliphatic carbocycles. The maximum atomic E-state index is 12.2. The summed E-state index contributed by atoms with van der Waals surface area (Å²) in [5.74, 6) is -0.637. The molecule has 5 heteroatoms. The number of amides is 1. The van der Waals surface area contributed by atoms with E-state index in [1.54, 1.807) is 24.3 Å². The highest BCUT2D eigenvalue weighted by Gasteiger charge is 2.10. The molecule has 0 bridgehead atoms. The molecule has 0 unspecified atom stereocenters. The third-order valence-corrected chi connectivity index (χ3v) is 3.29. The van der Waals surface area contributed by atoms with Crippen LogP contribution in [0.1, 0.15) is 22.8 Å². The Labute approximate surface area is 140 Å². The highest BCUT2D eigenvalue weighted by molar-refractivity contribution is 6.07. The van der Waals surface area contributed by atoms with Gasteiger partial charge >= 0.3 is 0 Å². The standard InChI is InChI=1S/C19H17N3O2/c1-13-5-3-7-17(9-13)21-12-16(11-20)19(24)22-18-8-4-6-15(10-18)14(2)23/h3-10,12,21H,1-2H3,(H,22,24)/b16-12-. The number of nitrogens with one attached hydrogen (secondary N) is 2. The Morgan fingerprint density at radius 2 is 1.79 bits per heavy atom. The number of aryl methyl sites for hydroxylation is 1. The summed E-state index contributed by atoms with van der Waals surface area (Å²) in [7, 11) is 0. The SMILES string of the molecule is CC(=O)c1cccc(NC(=O)/C(C#N)=C\Nc2cccc(C)c2)c1. The third-order valence-electron chi connectivity index (χ3n) is 3.29. The van der Waals surface area contributed by atoms with Crippen LogP contribution in [0.4, 0.5) is 11.4 Å². The number of hydrogen-bond acceptors (Lipinski definition) is 4. The van der Waals surface area contributed by atoms with Crippen molar-refractivity contribution >= 4 is 23.1 Å². The van der Waals surface area contributed by atoms with E-state index in [4.69, 9.17) is 0 Å². The summed E-state index contributed by atoms with van der Waals surface area (Å²) in [4.78, 5) is 23.6. The van der Waals surface area contributed by atoms with E-state index in [1.165, 1.54) is 13.1 Å². The third kappa shape index (κ3) is 4.55. The molecule has 0 aromatic heterocycles. The van der Waals surface area contributed by atoms with E-state index in [-0.39, 0.29) is 11.4 Å². The van der Waals surface area contributed by atoms with Gasteiger partial charge in [-0.15, -0.1) is 0 Å². The molecule has 120 valence electrons. The molecule has 5 nitrogen and oxygen atoms in total. The highest BCUT2D eigenvalue weighted by Crippen LogP contribution is 2.13. The number of rotatable bonds is 5. The first kappa shape index (κ1) is 17.0. The first-order chi connectivity index (χ1) is 11.5. The molecule has 0 aliphatic rings. The number of nitrogens with zero attached hydrogens (tertiary/aromatic N) is 1. The van der Waals surface area contributed by atoms with Crippen LogP contribution in [-0.2, 0) is 4.79 Å². The van der Waals surface area contributed by atoms with Crippen molar-refractivity contribution in [3.8, 4) is 6.07 Å². The number of hydrogen-bond donors (Lipinski definition) is 2. The van der Waals surface area contributed by atoms with Crippen molar-refractivity contribution in [1.82, 2.24) is 0 Å². The predicted molar refractivity (Wildman–Crippen MR) is 93.6 cm³/mol. The second-order valence-electron chi connectivity index (χ2n) is 5.27. The number of benzene rings is 2. The minimum absolute atomic E-state index is 0.0651. The minimum atomic E-state index is -0.543. The summed E-state index contributed by atoms with van der Waals surface area (Å²) in [6.45, 7) is 3.40. The lowest BCUT2D eigenvalue weighted by Crippen LogP contribution is -2.14. The smallest absolute Gasteiger partial charge is 0.267 e. The highest BCUT2D eigenvalue weighted by atomic mass is 16.1. The molecule has 0 atom stereocenters. The van der Waals surface area contributed by atoms with Crippen molar-refractivity contribution in [3.63, 3.8) is 0 Å². The zero-order valence-electron chi connectivity index (χ0n) is 13.5. The van der Waals surface area contributed by atoms with Crippen LogP contribution in [0.15, 0.2) is 60.3 Å². The number of anilines is 2. The van der Waals surface area contributed by atoms with Crippen LogP contribution in [0.2, 0.25) is 0 Å². The van der Waals surface area contributed by atoms with Crippen LogP contribution in [-0.4, -0.2) is 11.7 Å². The number of ketones is 1. The van der Waals surface area contributed by atoms with Crippen LogP contribution in [0.5, 0.6) is 0 Å². The summed E-state index contributed by atoms with van der Waals surface area (Å²) in [5.41, 5.74) is 2.74. The number of nitriles is 1. The molecule has 0 heterocycles. The number of Topliss-reactive ketones (excluding diaryl/α,β-unsaturated/α-hetero) is 1. The lowest BCUT2D eigenvalue weighted by Gasteiger charge is -2.06. The van der Waals surface area contributed by atoms with Crippen LogP contribution < -0.4 is 10.6 Å². The average molecular weight is 319 g/mol. The largest absolute Gasteiger partial charge is 0.360 e. The topological polar surface area (TPSA) is 82.0 Å². The maximum Gasteiger partial charge on any atom is 0.267 e. The Bertz CT molecular complexity index is 848. The lowest BCUT2D eigenvalue weighted by atomic mass is 10.1. The predicted octanol–water partition coefficient (Wildman–Crippen LogP) is 3.66. The number of carbonyl (C=O) groups excluding carboxylic acids is 2. The molecule has 0 fully saturated rings. The second kappa shape index (κ2) is 7.75. The summed E-state index contributed by atoms with van der Waals surface area (Å²) in [5, 5.41) is 14.7. The van der Waals surface area contributed by atoms with E-state index in [0.29, 0.717) is 11.3 Å². The monoisotopic (exact) mass is 319 g/mol. The van der Waals surface area contributed by atoms with Crippen LogP contribution in [0.3, 0.4) is 0 Å². The van der Waals surface area contributed by atoms with E-state index in [2.05, 4.69) is 10.6 Å². The first-order valence-corrected chi connectivity index (χ1v) is 7.35. The van der Waals surface area contributed by atoms with E-state index in [0.717, 1.165) is 11.3 Å². The molecule has 2 N–H and O–H groups in total.